The van der Waals surface area contributed by atoms with Gasteiger partial charge in [-0.3, -0.25) is 9.59 Å². The molecule has 1 N–H and O–H groups in total. The summed E-state index contributed by atoms with van der Waals surface area (Å²) in [6, 6.07) is 16.1. The van der Waals surface area contributed by atoms with E-state index in [2.05, 4.69) is 10.5 Å². The lowest BCUT2D eigenvalue weighted by molar-refractivity contribution is 0.0724. The lowest BCUT2D eigenvalue weighted by Crippen LogP contribution is -2.35. The van der Waals surface area contributed by atoms with Crippen LogP contribution in [-0.4, -0.2) is 43.1 Å². The van der Waals surface area contributed by atoms with E-state index in [-0.39, 0.29) is 11.7 Å². The summed E-state index contributed by atoms with van der Waals surface area (Å²) in [5.74, 6) is 0.955. The summed E-state index contributed by atoms with van der Waals surface area (Å²) in [7, 11) is 1.56. The summed E-state index contributed by atoms with van der Waals surface area (Å²) in [5, 5.41) is 3.94. The number of hydrogen-bond acceptors (Lipinski definition) is 6. The number of carbonyl (C=O) groups excluding carboxylic acids is 2. The first-order valence-corrected chi connectivity index (χ1v) is 11.2. The van der Waals surface area contributed by atoms with Gasteiger partial charge in [-0.25, -0.2) is 5.43 Å². The summed E-state index contributed by atoms with van der Waals surface area (Å²) < 4.78 is 16.4. The summed E-state index contributed by atoms with van der Waals surface area (Å²) in [4.78, 5) is 26.4. The van der Waals surface area contributed by atoms with Gasteiger partial charge in [0, 0.05) is 18.7 Å². The van der Waals surface area contributed by atoms with Gasteiger partial charge in [0.15, 0.2) is 17.3 Å². The van der Waals surface area contributed by atoms with Crippen molar-refractivity contribution >= 4 is 18.0 Å². The molecule has 1 aromatic heterocycles. The van der Waals surface area contributed by atoms with Gasteiger partial charge in [0.1, 0.15) is 6.61 Å². The van der Waals surface area contributed by atoms with Crippen molar-refractivity contribution in [1.29, 1.82) is 0 Å². The van der Waals surface area contributed by atoms with E-state index < -0.39 is 5.91 Å². The molecule has 8 nitrogen and oxygen atoms in total. The molecule has 0 spiro atoms. The second kappa shape index (κ2) is 11.2. The number of rotatable bonds is 8. The van der Waals surface area contributed by atoms with Gasteiger partial charge in [-0.15, -0.1) is 0 Å². The summed E-state index contributed by atoms with van der Waals surface area (Å²) in [6.45, 7) is 2.00. The van der Waals surface area contributed by atoms with Crippen molar-refractivity contribution in [3.05, 3.63) is 83.3 Å². The lowest BCUT2D eigenvalue weighted by atomic mass is 10.1. The number of hydrogen-bond donors (Lipinski definition) is 1. The fourth-order valence-corrected chi connectivity index (χ4v) is 3.70. The molecular formula is C26H27N3O5. The van der Waals surface area contributed by atoms with Crippen LogP contribution in [0, 0.1) is 0 Å². The molecule has 1 saturated heterocycles. The third-order valence-electron chi connectivity index (χ3n) is 5.55. The highest BCUT2D eigenvalue weighted by Crippen LogP contribution is 2.28. The van der Waals surface area contributed by atoms with E-state index in [0.29, 0.717) is 23.7 Å². The van der Waals surface area contributed by atoms with Crippen molar-refractivity contribution in [3.63, 3.8) is 0 Å². The van der Waals surface area contributed by atoms with Gasteiger partial charge in [0.25, 0.3) is 5.91 Å². The molecule has 0 atom stereocenters. The lowest BCUT2D eigenvalue weighted by Gasteiger charge is -2.26. The van der Waals surface area contributed by atoms with E-state index in [1.165, 1.54) is 18.9 Å². The van der Waals surface area contributed by atoms with Gasteiger partial charge in [-0.1, -0.05) is 12.1 Å². The molecule has 176 valence electrons. The van der Waals surface area contributed by atoms with Gasteiger partial charge in [0.05, 0.1) is 19.6 Å². The number of benzene rings is 2. The van der Waals surface area contributed by atoms with Crippen LogP contribution in [0.2, 0.25) is 0 Å². The molecule has 4 rings (SSSR count). The molecule has 3 aromatic rings. The van der Waals surface area contributed by atoms with Gasteiger partial charge >= 0.3 is 5.91 Å². The molecule has 0 bridgehead atoms. The Morgan fingerprint density at radius 2 is 1.85 bits per heavy atom. The molecule has 8 heteroatoms. The van der Waals surface area contributed by atoms with E-state index >= 15 is 0 Å². The monoisotopic (exact) mass is 461 g/mol. The maximum atomic E-state index is 12.6. The highest BCUT2D eigenvalue weighted by molar-refractivity contribution is 5.94. The molecule has 0 unspecified atom stereocenters. The Bertz CT molecular complexity index is 1130. The van der Waals surface area contributed by atoms with Crippen LogP contribution in [0.3, 0.4) is 0 Å². The maximum absolute atomic E-state index is 12.6. The average molecular weight is 462 g/mol. The second-order valence-corrected chi connectivity index (χ2v) is 7.93. The van der Waals surface area contributed by atoms with E-state index in [4.69, 9.17) is 13.9 Å². The minimum absolute atomic E-state index is 0.0893. The van der Waals surface area contributed by atoms with E-state index in [1.54, 1.807) is 37.4 Å². The zero-order valence-electron chi connectivity index (χ0n) is 19.0. The maximum Gasteiger partial charge on any atom is 0.307 e. The minimum Gasteiger partial charge on any atom is -0.493 e. The Labute approximate surface area is 198 Å². The fourth-order valence-electron chi connectivity index (χ4n) is 3.70. The van der Waals surface area contributed by atoms with E-state index in [0.717, 1.165) is 37.1 Å². The number of ether oxygens (including phenoxy) is 2. The number of nitrogens with zero attached hydrogens (tertiary/aromatic N) is 2. The van der Waals surface area contributed by atoms with E-state index in [1.807, 2.05) is 29.2 Å². The molecule has 2 aromatic carbocycles. The number of carbonyl (C=O) groups is 2. The number of hydrazone groups is 1. The van der Waals surface area contributed by atoms with Crippen molar-refractivity contribution < 1.29 is 23.5 Å². The van der Waals surface area contributed by atoms with Crippen LogP contribution >= 0.6 is 0 Å². The highest BCUT2D eigenvalue weighted by atomic mass is 16.5. The van der Waals surface area contributed by atoms with Crippen LogP contribution in [0.4, 0.5) is 0 Å². The van der Waals surface area contributed by atoms with Crippen LogP contribution < -0.4 is 14.9 Å². The molecule has 1 aliphatic heterocycles. The smallest absolute Gasteiger partial charge is 0.307 e. The molecule has 2 heterocycles. The molecular weight excluding hydrogens is 434 g/mol. The second-order valence-electron chi connectivity index (χ2n) is 7.93. The van der Waals surface area contributed by atoms with Crippen LogP contribution in [0.15, 0.2) is 70.4 Å². The number of furan rings is 1. The fraction of sp³-hybridized carbons (Fsp3) is 0.269. The molecule has 0 saturated carbocycles. The molecule has 2 amide bonds. The summed E-state index contributed by atoms with van der Waals surface area (Å²) in [6.07, 6.45) is 6.27. The molecule has 1 aliphatic rings. The first-order chi connectivity index (χ1) is 16.6. The Morgan fingerprint density at radius 3 is 2.56 bits per heavy atom. The van der Waals surface area contributed by atoms with Gasteiger partial charge < -0.3 is 18.8 Å². The number of amides is 2. The third-order valence-corrected chi connectivity index (χ3v) is 5.55. The minimum atomic E-state index is -0.434. The number of nitrogens with one attached hydrogen (secondary N) is 1. The number of piperidine rings is 1. The van der Waals surface area contributed by atoms with Crippen molar-refractivity contribution in [1.82, 2.24) is 10.3 Å². The SMILES string of the molecule is COc1cc(/C=N/NC(=O)c2ccco2)ccc1OCc1ccc(C(=O)N2CCCCC2)cc1. The zero-order chi connectivity index (χ0) is 23.8. The van der Waals surface area contributed by atoms with E-state index in [9.17, 15) is 9.59 Å². The van der Waals surface area contributed by atoms with Crippen molar-refractivity contribution in [2.45, 2.75) is 25.9 Å². The Balaban J connectivity index is 1.33. The predicted molar refractivity (Wildman–Crippen MR) is 127 cm³/mol. The topological polar surface area (TPSA) is 93.4 Å². The Kier molecular flexibility index (Phi) is 7.60. The van der Waals surface area contributed by atoms with Crippen LogP contribution in [0.1, 0.15) is 51.3 Å². The number of methoxy groups -OCH3 is 1. The van der Waals surface area contributed by atoms with Crippen LogP contribution in [0.5, 0.6) is 11.5 Å². The van der Waals surface area contributed by atoms with Crippen molar-refractivity contribution in [2.24, 2.45) is 5.10 Å². The first-order valence-electron chi connectivity index (χ1n) is 11.2. The molecule has 0 aliphatic carbocycles. The van der Waals surface area contributed by atoms with Gasteiger partial charge in [-0.2, -0.15) is 5.10 Å². The standard InChI is InChI=1S/C26H27N3O5/c1-32-24-16-20(17-27-28-25(30)23-6-5-15-33-23)9-12-22(24)34-18-19-7-10-21(11-8-19)26(31)29-13-3-2-4-14-29/h5-12,15-17H,2-4,13-14,18H2,1H3,(H,28,30)/b27-17+. The molecule has 34 heavy (non-hydrogen) atoms. The van der Waals surface area contributed by atoms with Crippen molar-refractivity contribution in [2.75, 3.05) is 20.2 Å². The summed E-state index contributed by atoms with van der Waals surface area (Å²) >= 11 is 0. The molecule has 1 fully saturated rings. The van der Waals surface area contributed by atoms with Crippen LogP contribution in [-0.2, 0) is 6.61 Å². The highest BCUT2D eigenvalue weighted by Gasteiger charge is 2.18. The normalized spacial score (nSPS) is 13.6. The predicted octanol–water partition coefficient (Wildman–Crippen LogP) is 4.26. The third kappa shape index (κ3) is 5.83. The molecule has 0 radical (unpaired) electrons. The van der Waals surface area contributed by atoms with Gasteiger partial charge in [0.2, 0.25) is 0 Å². The van der Waals surface area contributed by atoms with Crippen molar-refractivity contribution in [3.8, 4) is 11.5 Å². The largest absolute Gasteiger partial charge is 0.493 e. The number of likely N-dealkylation sites (tertiary alicyclic amines) is 1. The summed E-state index contributed by atoms with van der Waals surface area (Å²) in [5.41, 5.74) is 4.78. The first kappa shape index (κ1) is 23.1. The van der Waals surface area contributed by atoms with Crippen LogP contribution in [0.25, 0.3) is 0 Å². The van der Waals surface area contributed by atoms with Gasteiger partial charge in [-0.05, 0) is 72.9 Å². The average Bonchev–Trinajstić information content (AvgIpc) is 3.43. The Morgan fingerprint density at radius 1 is 1.06 bits per heavy atom. The Hall–Kier alpha value is -4.07. The quantitative estimate of drug-likeness (QED) is 0.400. The zero-order valence-corrected chi connectivity index (χ0v) is 19.0.